The van der Waals surface area contributed by atoms with Gasteiger partial charge in [-0.3, -0.25) is 4.79 Å². The summed E-state index contributed by atoms with van der Waals surface area (Å²) in [7, 11) is 0. The number of aromatic nitrogens is 2. The molecule has 1 amide bonds. The first-order chi connectivity index (χ1) is 13.3. The number of nitrogens with zero attached hydrogens (tertiary/aromatic N) is 4. The highest BCUT2D eigenvalue weighted by atomic mass is 19.1. The second kappa shape index (κ2) is 7.93. The molecule has 1 aromatic heterocycles. The van der Waals surface area contributed by atoms with E-state index in [9.17, 15) is 9.18 Å². The van der Waals surface area contributed by atoms with Gasteiger partial charge in [0.05, 0.1) is 6.42 Å². The van der Waals surface area contributed by atoms with Gasteiger partial charge in [-0.2, -0.15) is 5.26 Å². The van der Waals surface area contributed by atoms with Crippen molar-refractivity contribution < 1.29 is 9.18 Å². The summed E-state index contributed by atoms with van der Waals surface area (Å²) in [6, 6.07) is 10.4. The van der Waals surface area contributed by atoms with Crippen molar-refractivity contribution in [2.45, 2.75) is 45.1 Å². The van der Waals surface area contributed by atoms with Gasteiger partial charge in [-0.05, 0) is 41.2 Å². The third-order valence-corrected chi connectivity index (χ3v) is 4.91. The fourth-order valence-corrected chi connectivity index (χ4v) is 3.25. The first-order valence-corrected chi connectivity index (χ1v) is 9.33. The lowest BCUT2D eigenvalue weighted by atomic mass is 9.86. The summed E-state index contributed by atoms with van der Waals surface area (Å²) < 4.78 is 14.4. The van der Waals surface area contributed by atoms with Crippen LogP contribution in [0.2, 0.25) is 0 Å². The van der Waals surface area contributed by atoms with Crippen LogP contribution in [-0.4, -0.2) is 35.2 Å². The Balaban J connectivity index is 1.56. The highest BCUT2D eigenvalue weighted by Gasteiger charge is 2.25. The molecule has 28 heavy (non-hydrogen) atoms. The van der Waals surface area contributed by atoms with Crippen LogP contribution in [-0.2, 0) is 16.6 Å². The monoisotopic (exact) mass is 381 g/mol. The van der Waals surface area contributed by atoms with Gasteiger partial charge in [0.2, 0.25) is 5.91 Å². The lowest BCUT2D eigenvalue weighted by molar-refractivity contribution is -0.121. The van der Waals surface area contributed by atoms with Gasteiger partial charge in [0.1, 0.15) is 11.9 Å². The minimum atomic E-state index is -0.344. The molecular formula is C21H24FN5O. The van der Waals surface area contributed by atoms with Gasteiger partial charge in [-0.25, -0.2) is 4.39 Å². The van der Waals surface area contributed by atoms with Crippen LogP contribution < -0.4 is 10.2 Å². The maximum absolute atomic E-state index is 14.4. The molecule has 0 bridgehead atoms. The Morgan fingerprint density at radius 3 is 2.71 bits per heavy atom. The van der Waals surface area contributed by atoms with Gasteiger partial charge >= 0.3 is 0 Å². The number of nitriles is 1. The first-order valence-electron chi connectivity index (χ1n) is 9.33. The van der Waals surface area contributed by atoms with E-state index in [1.54, 1.807) is 18.2 Å². The number of rotatable bonds is 4. The summed E-state index contributed by atoms with van der Waals surface area (Å²) in [5.41, 5.74) is 1.44. The predicted molar refractivity (Wildman–Crippen MR) is 104 cm³/mol. The Morgan fingerprint density at radius 1 is 1.32 bits per heavy atom. The predicted octanol–water partition coefficient (Wildman–Crippen LogP) is 2.72. The maximum atomic E-state index is 14.4. The van der Waals surface area contributed by atoms with Crippen molar-refractivity contribution in [1.29, 1.82) is 5.26 Å². The van der Waals surface area contributed by atoms with E-state index in [0.717, 1.165) is 18.5 Å². The number of halogens is 1. The third kappa shape index (κ3) is 4.63. The van der Waals surface area contributed by atoms with Crippen LogP contribution in [0.4, 0.5) is 10.2 Å². The van der Waals surface area contributed by atoms with Crippen molar-refractivity contribution in [3.05, 3.63) is 53.0 Å². The van der Waals surface area contributed by atoms with Gasteiger partial charge in [-0.15, -0.1) is 10.2 Å². The Morgan fingerprint density at radius 2 is 2.11 bits per heavy atom. The molecule has 1 fully saturated rings. The average molecular weight is 381 g/mol. The molecule has 2 aromatic rings. The normalized spacial score (nSPS) is 16.7. The molecule has 0 radical (unpaired) electrons. The lowest BCUT2D eigenvalue weighted by Gasteiger charge is -2.20. The second-order valence-electron chi connectivity index (χ2n) is 8.12. The zero-order valence-electron chi connectivity index (χ0n) is 16.4. The van der Waals surface area contributed by atoms with E-state index in [2.05, 4.69) is 15.5 Å². The molecule has 7 heteroatoms. The summed E-state index contributed by atoms with van der Waals surface area (Å²) in [4.78, 5) is 14.4. The zero-order chi connectivity index (χ0) is 20.3. The quantitative estimate of drug-likeness (QED) is 0.881. The number of anilines is 1. The van der Waals surface area contributed by atoms with Crippen molar-refractivity contribution in [3.8, 4) is 6.07 Å². The number of hydrogen-bond acceptors (Lipinski definition) is 5. The van der Waals surface area contributed by atoms with Gasteiger partial charge < -0.3 is 10.2 Å². The molecule has 146 valence electrons. The Kier molecular flexibility index (Phi) is 5.59. The molecule has 1 aromatic carbocycles. The number of amides is 1. The number of benzene rings is 1. The summed E-state index contributed by atoms with van der Waals surface area (Å²) in [5, 5.41) is 19.6. The van der Waals surface area contributed by atoms with E-state index >= 15 is 0 Å². The maximum Gasteiger partial charge on any atom is 0.224 e. The van der Waals surface area contributed by atoms with Crippen LogP contribution in [0, 0.1) is 17.1 Å². The third-order valence-electron chi connectivity index (χ3n) is 4.91. The lowest BCUT2D eigenvalue weighted by Crippen LogP contribution is -2.38. The average Bonchev–Trinajstić information content (AvgIpc) is 3.11. The van der Waals surface area contributed by atoms with Crippen LogP contribution in [0.3, 0.4) is 0 Å². The van der Waals surface area contributed by atoms with E-state index < -0.39 is 0 Å². The minimum Gasteiger partial charge on any atom is -0.353 e. The topological polar surface area (TPSA) is 81.9 Å². The van der Waals surface area contributed by atoms with Crippen LogP contribution in [0.1, 0.15) is 44.0 Å². The molecular weight excluding hydrogens is 357 g/mol. The van der Waals surface area contributed by atoms with Gasteiger partial charge in [-0.1, -0.05) is 32.9 Å². The summed E-state index contributed by atoms with van der Waals surface area (Å²) in [6.45, 7) is 7.42. The smallest absolute Gasteiger partial charge is 0.224 e. The van der Waals surface area contributed by atoms with Crippen molar-refractivity contribution in [2.24, 2.45) is 0 Å². The molecule has 2 heterocycles. The molecule has 0 unspecified atom stereocenters. The van der Waals surface area contributed by atoms with Gasteiger partial charge in [0, 0.05) is 19.1 Å². The number of hydrogen-bond donors (Lipinski definition) is 1. The minimum absolute atomic E-state index is 0.0173. The number of carbonyl (C=O) groups excluding carboxylic acids is 1. The van der Waals surface area contributed by atoms with Gasteiger partial charge in [0.25, 0.3) is 0 Å². The van der Waals surface area contributed by atoms with Crippen LogP contribution in [0.5, 0.6) is 0 Å². The Hall–Kier alpha value is -3.01. The molecule has 1 aliphatic heterocycles. The Bertz CT molecular complexity index is 898. The fourth-order valence-electron chi connectivity index (χ4n) is 3.25. The largest absolute Gasteiger partial charge is 0.353 e. The number of nitrogens with one attached hydrogen (secondary N) is 1. The molecule has 3 rings (SSSR count). The van der Waals surface area contributed by atoms with Crippen LogP contribution >= 0.6 is 0 Å². The standard InChI is InChI=1S/C21H24FN5O/c1-21(2,3)15-5-4-14(18(22)11-15)10-20(28)24-17-8-9-27(13-17)19-7-6-16(12-23)25-26-19/h4-7,11,17H,8-10,13H2,1-3H3,(H,24,28)/t17-/m0/s1. The molecule has 0 saturated carbocycles. The summed E-state index contributed by atoms with van der Waals surface area (Å²) in [6.07, 6.45) is 0.794. The van der Waals surface area contributed by atoms with E-state index in [0.29, 0.717) is 17.9 Å². The molecule has 1 atom stereocenters. The van der Waals surface area contributed by atoms with E-state index in [-0.39, 0.29) is 35.3 Å². The highest BCUT2D eigenvalue weighted by Crippen LogP contribution is 2.24. The van der Waals surface area contributed by atoms with E-state index in [1.165, 1.54) is 6.07 Å². The fraction of sp³-hybridized carbons (Fsp3) is 0.429. The molecule has 0 aliphatic carbocycles. The highest BCUT2D eigenvalue weighted by molar-refractivity contribution is 5.79. The zero-order valence-corrected chi connectivity index (χ0v) is 16.4. The van der Waals surface area contributed by atoms with Crippen molar-refractivity contribution in [2.75, 3.05) is 18.0 Å². The summed E-state index contributed by atoms with van der Waals surface area (Å²) >= 11 is 0. The molecule has 1 N–H and O–H groups in total. The van der Waals surface area contributed by atoms with Crippen molar-refractivity contribution >= 4 is 11.7 Å². The van der Waals surface area contributed by atoms with Crippen LogP contribution in [0.15, 0.2) is 30.3 Å². The second-order valence-corrected chi connectivity index (χ2v) is 8.12. The molecule has 6 nitrogen and oxygen atoms in total. The Labute approximate surface area is 164 Å². The molecule has 1 saturated heterocycles. The van der Waals surface area contributed by atoms with E-state index in [1.807, 2.05) is 37.8 Å². The first kappa shape index (κ1) is 19.7. The van der Waals surface area contributed by atoms with Crippen LogP contribution in [0.25, 0.3) is 0 Å². The SMILES string of the molecule is CC(C)(C)c1ccc(CC(=O)N[C@H]2CCN(c3ccc(C#N)nn3)C2)c(F)c1. The summed E-state index contributed by atoms with van der Waals surface area (Å²) in [5.74, 6) is 0.142. The van der Waals surface area contributed by atoms with Crippen molar-refractivity contribution in [1.82, 2.24) is 15.5 Å². The number of carbonyl (C=O) groups is 1. The van der Waals surface area contributed by atoms with Crippen molar-refractivity contribution in [3.63, 3.8) is 0 Å². The molecule has 1 aliphatic rings. The van der Waals surface area contributed by atoms with Gasteiger partial charge in [0.15, 0.2) is 11.5 Å². The van der Waals surface area contributed by atoms with E-state index in [4.69, 9.17) is 5.26 Å². The molecule has 0 spiro atoms.